The van der Waals surface area contributed by atoms with Gasteiger partial charge in [-0.15, -0.1) is 0 Å². The first-order chi connectivity index (χ1) is 15.9. The Hall–Kier alpha value is -3.35. The number of rotatable bonds is 8. The quantitative estimate of drug-likeness (QED) is 0.614. The summed E-state index contributed by atoms with van der Waals surface area (Å²) >= 11 is 0. The van der Waals surface area contributed by atoms with Gasteiger partial charge in [0.25, 0.3) is 5.91 Å². The van der Waals surface area contributed by atoms with Crippen LogP contribution in [0.2, 0.25) is 0 Å². The topological polar surface area (TPSA) is 70.2 Å². The molecule has 2 heterocycles. The molecule has 0 spiro atoms. The van der Waals surface area contributed by atoms with Crippen molar-refractivity contribution in [2.75, 3.05) is 25.1 Å². The molecule has 1 atom stereocenters. The third kappa shape index (κ3) is 4.19. The van der Waals surface area contributed by atoms with Crippen LogP contribution in [0.15, 0.2) is 48.5 Å². The van der Waals surface area contributed by atoms with Gasteiger partial charge in [0.2, 0.25) is 11.8 Å². The number of amides is 3. The molecular formula is C26H31N3O4. The number of ether oxygens (including phenoxy) is 1. The normalized spacial score (nSPS) is 19.4. The first-order valence-corrected chi connectivity index (χ1v) is 11.6. The fourth-order valence-electron chi connectivity index (χ4n) is 4.90. The molecule has 0 saturated carbocycles. The number of nitrogens with zero attached hydrogens (tertiary/aromatic N) is 3. The highest BCUT2D eigenvalue weighted by Gasteiger charge is 2.52. The molecule has 0 N–H and O–H groups in total. The molecule has 2 aliphatic heterocycles. The molecule has 4 rings (SSSR count). The van der Waals surface area contributed by atoms with Gasteiger partial charge in [-0.25, -0.2) is 0 Å². The zero-order valence-electron chi connectivity index (χ0n) is 19.5. The molecule has 7 heteroatoms. The van der Waals surface area contributed by atoms with Crippen molar-refractivity contribution in [2.24, 2.45) is 0 Å². The van der Waals surface area contributed by atoms with Crippen molar-refractivity contribution in [3.8, 4) is 5.75 Å². The van der Waals surface area contributed by atoms with Gasteiger partial charge >= 0.3 is 0 Å². The highest BCUT2D eigenvalue weighted by atomic mass is 16.5. The minimum absolute atomic E-state index is 0.00988. The third-order valence-electron chi connectivity index (χ3n) is 6.62. The fraction of sp³-hybridized carbons (Fsp3) is 0.423. The Morgan fingerprint density at radius 1 is 1.12 bits per heavy atom. The summed E-state index contributed by atoms with van der Waals surface area (Å²) < 4.78 is 5.66. The second-order valence-corrected chi connectivity index (χ2v) is 8.81. The summed E-state index contributed by atoms with van der Waals surface area (Å²) in [5.41, 5.74) is 1.51. The second kappa shape index (κ2) is 9.25. The van der Waals surface area contributed by atoms with E-state index in [4.69, 9.17) is 4.74 Å². The van der Waals surface area contributed by atoms with Gasteiger partial charge in [0.1, 0.15) is 11.4 Å². The van der Waals surface area contributed by atoms with E-state index in [1.165, 1.54) is 0 Å². The Kier molecular flexibility index (Phi) is 6.40. The number of hydrogen-bond donors (Lipinski definition) is 0. The Balaban J connectivity index is 1.41. The first-order valence-electron chi connectivity index (χ1n) is 11.6. The predicted octanol–water partition coefficient (Wildman–Crippen LogP) is 3.82. The van der Waals surface area contributed by atoms with Crippen LogP contribution in [0, 0.1) is 0 Å². The number of hydrogen-bond acceptors (Lipinski definition) is 4. The summed E-state index contributed by atoms with van der Waals surface area (Å²) in [7, 11) is 1.78. The molecule has 2 aromatic carbocycles. The number of carbonyl (C=O) groups excluding carboxylic acids is 3. The van der Waals surface area contributed by atoms with E-state index in [1.54, 1.807) is 27.8 Å². The van der Waals surface area contributed by atoms with Crippen LogP contribution in [0.25, 0.3) is 0 Å². The van der Waals surface area contributed by atoms with Crippen LogP contribution in [0.1, 0.15) is 55.5 Å². The van der Waals surface area contributed by atoms with Crippen LogP contribution >= 0.6 is 0 Å². The molecule has 0 bridgehead atoms. The highest BCUT2D eigenvalue weighted by molar-refractivity contribution is 6.10. The molecular weight excluding hydrogens is 418 g/mol. The molecule has 0 aliphatic carbocycles. The monoisotopic (exact) mass is 449 g/mol. The Morgan fingerprint density at radius 3 is 2.64 bits per heavy atom. The van der Waals surface area contributed by atoms with E-state index in [1.807, 2.05) is 56.3 Å². The van der Waals surface area contributed by atoms with E-state index in [0.29, 0.717) is 56.6 Å². The molecule has 33 heavy (non-hydrogen) atoms. The summed E-state index contributed by atoms with van der Waals surface area (Å²) in [6.45, 7) is 5.34. The minimum Gasteiger partial charge on any atom is -0.494 e. The van der Waals surface area contributed by atoms with E-state index in [0.717, 1.165) is 11.3 Å². The van der Waals surface area contributed by atoms with Crippen LogP contribution in [-0.2, 0) is 16.1 Å². The van der Waals surface area contributed by atoms with Gasteiger partial charge in [-0.2, -0.15) is 0 Å². The Morgan fingerprint density at radius 2 is 1.85 bits per heavy atom. The molecule has 0 aromatic heterocycles. The van der Waals surface area contributed by atoms with Gasteiger partial charge in [0.15, 0.2) is 0 Å². The number of benzene rings is 2. The summed E-state index contributed by atoms with van der Waals surface area (Å²) in [6, 6.07) is 15.0. The summed E-state index contributed by atoms with van der Waals surface area (Å²) in [5, 5.41) is 0. The lowest BCUT2D eigenvalue weighted by Gasteiger charge is -2.48. The molecule has 0 radical (unpaired) electrons. The molecule has 7 nitrogen and oxygen atoms in total. The lowest BCUT2D eigenvalue weighted by Crippen LogP contribution is -2.62. The summed E-state index contributed by atoms with van der Waals surface area (Å²) in [6.07, 6.45) is 1.86. The average molecular weight is 450 g/mol. The van der Waals surface area contributed by atoms with Crippen LogP contribution < -0.4 is 9.64 Å². The van der Waals surface area contributed by atoms with E-state index in [2.05, 4.69) is 0 Å². The summed E-state index contributed by atoms with van der Waals surface area (Å²) in [5.74, 6) is 0.753. The SMILES string of the molecule is CCOc1ccccc1CN(C)C(=O)CCCN1C(=O)c2ccccc2N2C(=O)CCC12C. The van der Waals surface area contributed by atoms with E-state index in [-0.39, 0.29) is 17.7 Å². The number of anilines is 1. The van der Waals surface area contributed by atoms with Crippen molar-refractivity contribution >= 4 is 23.4 Å². The molecule has 1 saturated heterocycles. The predicted molar refractivity (Wildman–Crippen MR) is 126 cm³/mol. The van der Waals surface area contributed by atoms with Gasteiger partial charge < -0.3 is 14.5 Å². The minimum atomic E-state index is -0.687. The first kappa shape index (κ1) is 22.8. The van der Waals surface area contributed by atoms with Crippen molar-refractivity contribution in [3.63, 3.8) is 0 Å². The molecule has 3 amide bonds. The zero-order valence-corrected chi connectivity index (χ0v) is 19.5. The van der Waals surface area contributed by atoms with Crippen LogP contribution in [-0.4, -0.2) is 53.4 Å². The van der Waals surface area contributed by atoms with E-state index < -0.39 is 5.66 Å². The number of para-hydroxylation sites is 2. The van der Waals surface area contributed by atoms with Gasteiger partial charge in [0, 0.05) is 38.5 Å². The molecule has 1 fully saturated rings. The van der Waals surface area contributed by atoms with Crippen molar-refractivity contribution in [1.29, 1.82) is 0 Å². The number of fused-ring (bicyclic) bond motifs is 3. The Bertz CT molecular complexity index is 1070. The van der Waals surface area contributed by atoms with Crippen LogP contribution in [0.3, 0.4) is 0 Å². The van der Waals surface area contributed by atoms with Gasteiger partial charge in [-0.1, -0.05) is 30.3 Å². The lowest BCUT2D eigenvalue weighted by atomic mass is 9.98. The van der Waals surface area contributed by atoms with Gasteiger partial charge in [-0.3, -0.25) is 19.3 Å². The van der Waals surface area contributed by atoms with Crippen LogP contribution in [0.4, 0.5) is 5.69 Å². The second-order valence-electron chi connectivity index (χ2n) is 8.81. The standard InChI is InChI=1S/C26H31N3O4/c1-4-33-22-13-8-5-10-19(22)18-27(3)23(30)14-9-17-28-25(32)20-11-6-7-12-21(20)29-24(31)15-16-26(28,29)2/h5-8,10-13H,4,9,14-18H2,1-3H3. The Labute approximate surface area is 194 Å². The van der Waals surface area contributed by atoms with Crippen molar-refractivity contribution in [1.82, 2.24) is 9.80 Å². The maximum absolute atomic E-state index is 13.3. The maximum atomic E-state index is 13.3. The maximum Gasteiger partial charge on any atom is 0.257 e. The largest absolute Gasteiger partial charge is 0.494 e. The average Bonchev–Trinajstić information content (AvgIpc) is 3.12. The van der Waals surface area contributed by atoms with Crippen molar-refractivity contribution < 1.29 is 19.1 Å². The molecule has 2 aromatic rings. The lowest BCUT2D eigenvalue weighted by molar-refractivity contribution is -0.130. The van der Waals surface area contributed by atoms with Gasteiger partial charge in [-0.05, 0) is 44.9 Å². The fourth-order valence-corrected chi connectivity index (χ4v) is 4.90. The highest BCUT2D eigenvalue weighted by Crippen LogP contribution is 2.44. The summed E-state index contributed by atoms with van der Waals surface area (Å²) in [4.78, 5) is 44.0. The molecule has 174 valence electrons. The molecule has 1 unspecified atom stereocenters. The third-order valence-corrected chi connectivity index (χ3v) is 6.62. The van der Waals surface area contributed by atoms with Gasteiger partial charge in [0.05, 0.1) is 17.9 Å². The molecule has 2 aliphatic rings. The van der Waals surface area contributed by atoms with Crippen molar-refractivity contribution in [2.45, 2.75) is 51.7 Å². The smallest absolute Gasteiger partial charge is 0.257 e. The number of carbonyl (C=O) groups is 3. The van der Waals surface area contributed by atoms with E-state index in [9.17, 15) is 14.4 Å². The zero-order chi connectivity index (χ0) is 23.6. The van der Waals surface area contributed by atoms with Crippen LogP contribution in [0.5, 0.6) is 5.75 Å². The van der Waals surface area contributed by atoms with Crippen molar-refractivity contribution in [3.05, 3.63) is 59.7 Å². The van der Waals surface area contributed by atoms with E-state index >= 15 is 0 Å².